The maximum atomic E-state index is 10.5. The summed E-state index contributed by atoms with van der Waals surface area (Å²) in [6.07, 6.45) is -1.32. The van der Waals surface area contributed by atoms with Crippen LogP contribution in [-0.2, 0) is 27.8 Å². The predicted molar refractivity (Wildman–Crippen MR) is 43.1 cm³/mol. The molecule has 0 bridgehead atoms. The van der Waals surface area contributed by atoms with Crippen molar-refractivity contribution in [3.8, 4) is 0 Å². The van der Waals surface area contributed by atoms with Crippen LogP contribution >= 0.6 is 15.6 Å². The quantitative estimate of drug-likeness (QED) is 0.218. The molecule has 0 aromatic heterocycles. The van der Waals surface area contributed by atoms with Crippen LogP contribution in [-0.4, -0.2) is 31.5 Å². The molecule has 92 valence electrons. The summed E-state index contributed by atoms with van der Waals surface area (Å²) in [6.45, 7) is 0. The molecule has 14 heteroatoms. The van der Waals surface area contributed by atoms with Gasteiger partial charge in [-0.1, -0.05) is 0 Å². The molecule has 0 radical (unpaired) electrons. The first kappa shape index (κ1) is 24.5. The van der Waals surface area contributed by atoms with Crippen molar-refractivity contribution < 1.29 is 153 Å². The molecule has 4 N–H and O–H groups in total. The monoisotopic (exact) mass is 344 g/mol. The van der Waals surface area contributed by atoms with Gasteiger partial charge in [0.25, 0.3) is 0 Å². The normalized spacial score (nSPS) is 10.6. The van der Waals surface area contributed by atoms with E-state index < -0.39 is 34.0 Å². The van der Waals surface area contributed by atoms with Gasteiger partial charge in [0.15, 0.2) is 0 Å². The van der Waals surface area contributed by atoms with Crippen molar-refractivity contribution in [2.75, 3.05) is 0 Å². The van der Waals surface area contributed by atoms with Crippen LogP contribution in [0.4, 0.5) is 0 Å². The second-order valence-electron chi connectivity index (χ2n) is 2.08. The summed E-state index contributed by atoms with van der Waals surface area (Å²) >= 11 is 0. The number of carbonyl (C=O) groups is 2. The van der Waals surface area contributed by atoms with E-state index in [1.165, 1.54) is 0 Å². The number of phosphoric ester groups is 2. The van der Waals surface area contributed by atoms with Gasteiger partial charge in [-0.05, 0) is 0 Å². The summed E-state index contributed by atoms with van der Waals surface area (Å²) in [7, 11) is -10.2. The number of hydrogen-bond acceptors (Lipinski definition) is 6. The molecule has 0 aliphatic rings. The Morgan fingerprint density at radius 3 is 1.29 bits per heavy atom. The second kappa shape index (κ2) is 10.3. The molecule has 0 atom stereocenters. The predicted octanol–water partition coefficient (Wildman–Crippen LogP) is -7.12. The van der Waals surface area contributed by atoms with Gasteiger partial charge < -0.3 is 11.9 Å². The van der Waals surface area contributed by atoms with E-state index in [-0.39, 0.29) is 106 Å². The number of carbonyl (C=O) groups excluding carboxylic acids is 2. The number of hydrogen-bond donors (Lipinski definition) is 4. The van der Waals surface area contributed by atoms with Gasteiger partial charge in [0.05, 0.1) is 0 Å². The molecule has 0 saturated heterocycles. The molecule has 0 aromatic carbocycles. The molecule has 0 heterocycles. The van der Waals surface area contributed by atoms with Gasteiger partial charge in [-0.3, -0.25) is 29.2 Å². The standard InChI is InChI=1S/C3H6O10P2.2K.2H/c4-2(12-14(6,7)8)1-3(5)13-15(9,10)11;;;;/h1H2,(H2,6,7,8)(H2,9,10,11);;;;/q;2*+1;2*-1. The Kier molecular flexibility index (Phi) is 14.8. The smallest absolute Gasteiger partial charge is 1.00 e. The van der Waals surface area contributed by atoms with Crippen LogP contribution in [0.1, 0.15) is 9.27 Å². The maximum Gasteiger partial charge on any atom is 1.00 e. The first-order valence-electron chi connectivity index (χ1n) is 3.05. The van der Waals surface area contributed by atoms with Gasteiger partial charge in [0.1, 0.15) is 6.42 Å². The van der Waals surface area contributed by atoms with Gasteiger partial charge in [-0.15, -0.1) is 0 Å². The van der Waals surface area contributed by atoms with Gasteiger partial charge >= 0.3 is 130 Å². The van der Waals surface area contributed by atoms with Crippen molar-refractivity contribution in [1.82, 2.24) is 0 Å². The van der Waals surface area contributed by atoms with Crippen LogP contribution in [0, 0.1) is 0 Å². The summed E-state index contributed by atoms with van der Waals surface area (Å²) in [4.78, 5) is 53.4. The largest absolute Gasteiger partial charge is 1.00 e. The molecule has 0 spiro atoms. The first-order chi connectivity index (χ1) is 6.49. The minimum absolute atomic E-state index is 0. The topological polar surface area (TPSA) is 168 Å². The van der Waals surface area contributed by atoms with Crippen molar-refractivity contribution in [3.05, 3.63) is 0 Å². The number of phosphoric acid groups is 2. The van der Waals surface area contributed by atoms with Crippen molar-refractivity contribution in [2.45, 2.75) is 6.42 Å². The zero-order chi connectivity index (χ0) is 12.3. The molecule has 10 nitrogen and oxygen atoms in total. The van der Waals surface area contributed by atoms with Crippen LogP contribution in [0.5, 0.6) is 0 Å². The Morgan fingerprint density at radius 1 is 0.882 bits per heavy atom. The van der Waals surface area contributed by atoms with Gasteiger partial charge in [-0.2, -0.15) is 0 Å². The average Bonchev–Trinajstić information content (AvgIpc) is 1.73. The van der Waals surface area contributed by atoms with Crippen molar-refractivity contribution in [1.29, 1.82) is 0 Å². The molecule has 0 unspecified atom stereocenters. The summed E-state index contributed by atoms with van der Waals surface area (Å²) in [6, 6.07) is 0. The summed E-state index contributed by atoms with van der Waals surface area (Å²) in [5.74, 6) is -3.33. The van der Waals surface area contributed by atoms with Gasteiger partial charge in [0, 0.05) is 0 Å². The fourth-order valence-electron chi connectivity index (χ4n) is 0.448. The summed E-state index contributed by atoms with van der Waals surface area (Å²) in [5, 5.41) is 0. The maximum absolute atomic E-state index is 10.5. The van der Waals surface area contributed by atoms with Crippen molar-refractivity contribution in [3.63, 3.8) is 0 Å². The van der Waals surface area contributed by atoms with E-state index in [9.17, 15) is 18.7 Å². The minimum atomic E-state index is -5.08. The third-order valence-corrected chi connectivity index (χ3v) is 1.61. The molecule has 17 heavy (non-hydrogen) atoms. The van der Waals surface area contributed by atoms with E-state index in [1.54, 1.807) is 0 Å². The van der Waals surface area contributed by atoms with Gasteiger partial charge in [-0.25, -0.2) is 9.13 Å². The third-order valence-electron chi connectivity index (χ3n) is 0.730. The van der Waals surface area contributed by atoms with E-state index in [0.29, 0.717) is 0 Å². The molecule has 0 fully saturated rings. The third kappa shape index (κ3) is 18.5. The molecular weight excluding hydrogens is 336 g/mol. The Hall–Kier alpha value is 2.51. The molecule has 0 aromatic rings. The van der Waals surface area contributed by atoms with E-state index in [0.717, 1.165) is 0 Å². The summed E-state index contributed by atoms with van der Waals surface area (Å²) in [5.41, 5.74) is 0. The van der Waals surface area contributed by atoms with Crippen LogP contribution in [0.15, 0.2) is 0 Å². The fourth-order valence-corrected chi connectivity index (χ4v) is 1.11. The Bertz CT molecular complexity index is 330. The van der Waals surface area contributed by atoms with Crippen LogP contribution in [0.25, 0.3) is 0 Å². The zero-order valence-electron chi connectivity index (χ0n) is 10.8. The summed E-state index contributed by atoms with van der Waals surface area (Å²) < 4.78 is 26.9. The molecule has 0 amide bonds. The first-order valence-corrected chi connectivity index (χ1v) is 6.11. The molecule has 0 saturated carbocycles. The molecule has 0 aliphatic heterocycles. The zero-order valence-corrected chi connectivity index (χ0v) is 16.9. The van der Waals surface area contributed by atoms with Crippen LogP contribution in [0.2, 0.25) is 0 Å². The SMILES string of the molecule is O=C(CC(=O)OP(=O)(O)O)OP(=O)(O)O.[H-].[H-].[K+].[K+]. The molecular formula is C3H8K2O10P2. The number of rotatable bonds is 4. The average molecular weight is 344 g/mol. The van der Waals surface area contributed by atoms with Crippen molar-refractivity contribution >= 4 is 27.6 Å². The van der Waals surface area contributed by atoms with E-state index in [4.69, 9.17) is 19.6 Å². The fraction of sp³-hybridized carbons (Fsp3) is 0.333. The Labute approximate surface area is 183 Å². The van der Waals surface area contributed by atoms with Gasteiger partial charge in [0.2, 0.25) is 0 Å². The molecule has 0 aliphatic carbocycles. The van der Waals surface area contributed by atoms with E-state index in [2.05, 4.69) is 9.05 Å². The van der Waals surface area contributed by atoms with Crippen LogP contribution in [0.3, 0.4) is 0 Å². The van der Waals surface area contributed by atoms with Crippen LogP contribution < -0.4 is 103 Å². The van der Waals surface area contributed by atoms with E-state index in [1.807, 2.05) is 0 Å². The molecule has 0 rings (SSSR count). The Balaban J connectivity index is -0.000000163. The van der Waals surface area contributed by atoms with Crippen molar-refractivity contribution in [2.24, 2.45) is 0 Å². The second-order valence-corrected chi connectivity index (χ2v) is 4.41. The van der Waals surface area contributed by atoms with E-state index >= 15 is 0 Å². The Morgan fingerprint density at radius 2 is 1.12 bits per heavy atom. The minimum Gasteiger partial charge on any atom is -1.00 e.